The standard InChI is InChI=1S/C25H28N2O8S/c1-18(28)27(23-6-5-13-26-25(23)35-21-9-7-20(31-2)8-10-21)17-19-16-22(32-3)11-12-24(19)33-14-15-34-36(4,29)30/h5-13,16H,14-15,17H2,1-4H3. The minimum atomic E-state index is -3.58. The smallest absolute Gasteiger partial charge is 0.264 e. The molecule has 0 aliphatic carbocycles. The molecule has 11 heteroatoms. The number of rotatable bonds is 12. The Morgan fingerprint density at radius 3 is 2.25 bits per heavy atom. The van der Waals surface area contributed by atoms with E-state index >= 15 is 0 Å². The number of hydrogen-bond donors (Lipinski definition) is 0. The highest BCUT2D eigenvalue weighted by molar-refractivity contribution is 7.85. The average Bonchev–Trinajstić information content (AvgIpc) is 2.86. The fourth-order valence-corrected chi connectivity index (χ4v) is 3.61. The molecule has 0 aliphatic heterocycles. The predicted molar refractivity (Wildman–Crippen MR) is 133 cm³/mol. The maximum absolute atomic E-state index is 12.7. The summed E-state index contributed by atoms with van der Waals surface area (Å²) in [5.41, 5.74) is 1.08. The van der Waals surface area contributed by atoms with Gasteiger partial charge in [-0.15, -0.1) is 0 Å². The van der Waals surface area contributed by atoms with Crippen molar-refractivity contribution in [2.24, 2.45) is 0 Å². The number of ether oxygens (including phenoxy) is 4. The second-order valence-electron chi connectivity index (χ2n) is 7.56. The minimum Gasteiger partial charge on any atom is -0.497 e. The van der Waals surface area contributed by atoms with E-state index in [1.54, 1.807) is 67.9 Å². The molecule has 1 heterocycles. The molecule has 0 radical (unpaired) electrons. The molecule has 192 valence electrons. The van der Waals surface area contributed by atoms with Crippen LogP contribution in [0.4, 0.5) is 5.69 Å². The third-order valence-corrected chi connectivity index (χ3v) is 5.53. The van der Waals surface area contributed by atoms with Crippen LogP contribution in [0.5, 0.6) is 28.9 Å². The second kappa shape index (κ2) is 12.2. The van der Waals surface area contributed by atoms with Crippen LogP contribution in [-0.2, 0) is 25.6 Å². The van der Waals surface area contributed by atoms with Gasteiger partial charge < -0.3 is 23.8 Å². The van der Waals surface area contributed by atoms with Crippen LogP contribution in [0.3, 0.4) is 0 Å². The molecule has 10 nitrogen and oxygen atoms in total. The monoisotopic (exact) mass is 516 g/mol. The Hall–Kier alpha value is -3.83. The number of carbonyl (C=O) groups is 1. The molecule has 0 N–H and O–H groups in total. The molecule has 0 fully saturated rings. The van der Waals surface area contributed by atoms with Crippen LogP contribution in [0.15, 0.2) is 60.8 Å². The number of methoxy groups -OCH3 is 2. The third-order valence-electron chi connectivity index (χ3n) is 4.93. The zero-order chi connectivity index (χ0) is 26.1. The van der Waals surface area contributed by atoms with E-state index in [1.807, 2.05) is 0 Å². The molecule has 1 amide bonds. The molecule has 3 aromatic rings. The van der Waals surface area contributed by atoms with Gasteiger partial charge in [0.25, 0.3) is 10.1 Å². The van der Waals surface area contributed by atoms with E-state index in [-0.39, 0.29) is 31.5 Å². The van der Waals surface area contributed by atoms with Crippen LogP contribution in [0.1, 0.15) is 12.5 Å². The van der Waals surface area contributed by atoms with Gasteiger partial charge in [-0.2, -0.15) is 8.42 Å². The molecule has 0 spiro atoms. The first-order valence-corrected chi connectivity index (χ1v) is 12.7. The van der Waals surface area contributed by atoms with Crippen LogP contribution < -0.4 is 23.8 Å². The molecule has 0 atom stereocenters. The molecule has 36 heavy (non-hydrogen) atoms. The fourth-order valence-electron chi connectivity index (χ4n) is 3.24. The Kier molecular flexibility index (Phi) is 9.09. The lowest BCUT2D eigenvalue weighted by atomic mass is 10.1. The number of pyridine rings is 1. The van der Waals surface area contributed by atoms with E-state index in [9.17, 15) is 13.2 Å². The van der Waals surface area contributed by atoms with Crippen LogP contribution in [0, 0.1) is 0 Å². The SMILES string of the molecule is COc1ccc(Oc2ncccc2N(Cc2cc(OC)ccc2OCCOS(C)(=O)=O)C(C)=O)cc1. The van der Waals surface area contributed by atoms with Gasteiger partial charge in [-0.25, -0.2) is 4.98 Å². The van der Waals surface area contributed by atoms with Gasteiger partial charge in [0.15, 0.2) is 0 Å². The number of hydrogen-bond acceptors (Lipinski definition) is 9. The van der Waals surface area contributed by atoms with Crippen molar-refractivity contribution in [3.63, 3.8) is 0 Å². The topological polar surface area (TPSA) is 113 Å². The van der Waals surface area contributed by atoms with Gasteiger partial charge in [-0.1, -0.05) is 0 Å². The van der Waals surface area contributed by atoms with E-state index in [4.69, 9.17) is 23.1 Å². The zero-order valence-electron chi connectivity index (χ0n) is 20.5. The van der Waals surface area contributed by atoms with Gasteiger partial charge in [0.05, 0.1) is 27.0 Å². The van der Waals surface area contributed by atoms with E-state index in [2.05, 4.69) is 4.98 Å². The molecule has 0 unspecified atom stereocenters. The molecule has 1 aromatic heterocycles. The molecule has 0 saturated heterocycles. The number of benzene rings is 2. The molecule has 0 aliphatic rings. The Morgan fingerprint density at radius 1 is 0.944 bits per heavy atom. The Balaban J connectivity index is 1.87. The summed E-state index contributed by atoms with van der Waals surface area (Å²) in [5.74, 6) is 2.20. The molecular weight excluding hydrogens is 488 g/mol. The van der Waals surface area contributed by atoms with Gasteiger partial charge in [0.2, 0.25) is 11.8 Å². The van der Waals surface area contributed by atoms with Gasteiger partial charge in [0, 0.05) is 18.7 Å². The molecule has 0 bridgehead atoms. The Bertz CT molecular complexity index is 1280. The van der Waals surface area contributed by atoms with Crippen LogP contribution >= 0.6 is 0 Å². The van der Waals surface area contributed by atoms with Crippen molar-refractivity contribution in [3.8, 4) is 28.9 Å². The van der Waals surface area contributed by atoms with Crippen molar-refractivity contribution in [2.75, 3.05) is 38.6 Å². The third kappa shape index (κ3) is 7.59. The van der Waals surface area contributed by atoms with Crippen molar-refractivity contribution in [1.29, 1.82) is 0 Å². The summed E-state index contributed by atoms with van der Waals surface area (Å²) in [6.45, 7) is 1.39. The predicted octanol–water partition coefficient (Wildman–Crippen LogP) is 3.80. The summed E-state index contributed by atoms with van der Waals surface area (Å²) in [6, 6.07) is 15.6. The van der Waals surface area contributed by atoms with Gasteiger partial charge in [-0.3, -0.25) is 8.98 Å². The zero-order valence-corrected chi connectivity index (χ0v) is 21.3. The first kappa shape index (κ1) is 26.8. The normalized spacial score (nSPS) is 11.0. The number of anilines is 1. The number of aromatic nitrogens is 1. The molecule has 3 rings (SSSR count). The summed E-state index contributed by atoms with van der Waals surface area (Å²) < 4.78 is 49.4. The van der Waals surface area contributed by atoms with E-state index in [0.717, 1.165) is 6.26 Å². The lowest BCUT2D eigenvalue weighted by molar-refractivity contribution is -0.116. The highest BCUT2D eigenvalue weighted by Gasteiger charge is 2.21. The Morgan fingerprint density at radius 2 is 1.61 bits per heavy atom. The number of nitrogens with zero attached hydrogens (tertiary/aromatic N) is 2. The van der Waals surface area contributed by atoms with Crippen molar-refractivity contribution < 1.29 is 36.3 Å². The summed E-state index contributed by atoms with van der Waals surface area (Å²) in [6.07, 6.45) is 2.54. The van der Waals surface area contributed by atoms with Gasteiger partial charge in [-0.05, 0) is 54.6 Å². The summed E-state index contributed by atoms with van der Waals surface area (Å²) in [7, 11) is -0.473. The van der Waals surface area contributed by atoms with E-state index in [0.29, 0.717) is 34.2 Å². The van der Waals surface area contributed by atoms with Crippen LogP contribution in [0.25, 0.3) is 0 Å². The summed E-state index contributed by atoms with van der Waals surface area (Å²) >= 11 is 0. The maximum atomic E-state index is 12.7. The van der Waals surface area contributed by atoms with Gasteiger partial charge >= 0.3 is 0 Å². The lowest BCUT2D eigenvalue weighted by Crippen LogP contribution is -2.28. The molecule has 0 saturated carbocycles. The first-order valence-electron chi connectivity index (χ1n) is 10.9. The number of amides is 1. The quantitative estimate of drug-likeness (QED) is 0.262. The summed E-state index contributed by atoms with van der Waals surface area (Å²) in [4.78, 5) is 18.6. The lowest BCUT2D eigenvalue weighted by Gasteiger charge is -2.24. The summed E-state index contributed by atoms with van der Waals surface area (Å²) in [5, 5.41) is 0. The highest BCUT2D eigenvalue weighted by Crippen LogP contribution is 2.34. The van der Waals surface area contributed by atoms with E-state index < -0.39 is 10.1 Å². The van der Waals surface area contributed by atoms with Crippen molar-refractivity contribution in [3.05, 3.63) is 66.4 Å². The van der Waals surface area contributed by atoms with Crippen LogP contribution in [-0.4, -0.2) is 53.0 Å². The largest absolute Gasteiger partial charge is 0.497 e. The van der Waals surface area contributed by atoms with E-state index in [1.165, 1.54) is 18.9 Å². The van der Waals surface area contributed by atoms with Crippen LogP contribution in [0.2, 0.25) is 0 Å². The first-order chi connectivity index (χ1) is 17.2. The maximum Gasteiger partial charge on any atom is 0.264 e. The number of carbonyl (C=O) groups excluding carboxylic acids is 1. The Labute approximate surface area is 210 Å². The van der Waals surface area contributed by atoms with Crippen molar-refractivity contribution in [2.45, 2.75) is 13.5 Å². The fraction of sp³-hybridized carbons (Fsp3) is 0.280. The highest BCUT2D eigenvalue weighted by atomic mass is 32.2. The van der Waals surface area contributed by atoms with Gasteiger partial charge in [0.1, 0.15) is 41.9 Å². The molecule has 2 aromatic carbocycles. The average molecular weight is 517 g/mol. The van der Waals surface area contributed by atoms with Crippen molar-refractivity contribution in [1.82, 2.24) is 4.98 Å². The van der Waals surface area contributed by atoms with Crippen molar-refractivity contribution >= 4 is 21.7 Å². The second-order valence-corrected chi connectivity index (χ2v) is 9.20. The molecular formula is C25H28N2O8S. The minimum absolute atomic E-state index is 0.00874.